The number of sulfonamides is 1. The molecule has 0 aliphatic rings. The minimum absolute atomic E-state index is 0.632. The summed E-state index contributed by atoms with van der Waals surface area (Å²) in [7, 11) is -3.23. The van der Waals surface area contributed by atoms with E-state index in [2.05, 4.69) is 17.7 Å². The molecule has 1 rings (SSSR count). The first-order valence-electron chi connectivity index (χ1n) is 5.18. The van der Waals surface area contributed by atoms with Gasteiger partial charge in [-0.05, 0) is 25.0 Å². The average molecular weight is 239 g/mol. The second-order valence-corrected chi connectivity index (χ2v) is 5.46. The number of anilines is 1. The molecule has 0 saturated carbocycles. The van der Waals surface area contributed by atoms with E-state index in [0.717, 1.165) is 23.8 Å². The average Bonchev–Trinajstić information content (AvgIpc) is 2.16. The van der Waals surface area contributed by atoms with Crippen LogP contribution in [0, 0.1) is 0 Å². The molecule has 16 heavy (non-hydrogen) atoms. The SMILES string of the molecule is CC/C=C(\C)c1ccccc1NS(C)(=O)=O. The standard InChI is InChI=1S/C12H17NO2S/c1-4-7-10(2)11-8-5-6-9-12(11)13-16(3,14)15/h5-9,13H,4H2,1-3H3/b10-7+. The second kappa shape index (κ2) is 5.16. The molecule has 4 heteroatoms. The predicted octanol–water partition coefficient (Wildman–Crippen LogP) is 2.87. The third-order valence-electron chi connectivity index (χ3n) is 2.16. The van der Waals surface area contributed by atoms with E-state index in [-0.39, 0.29) is 0 Å². The molecular formula is C12H17NO2S. The Labute approximate surface area is 97.2 Å². The van der Waals surface area contributed by atoms with Gasteiger partial charge in [0.15, 0.2) is 0 Å². The van der Waals surface area contributed by atoms with Crippen molar-refractivity contribution in [3.05, 3.63) is 35.9 Å². The molecule has 0 saturated heterocycles. The molecule has 0 bridgehead atoms. The topological polar surface area (TPSA) is 46.2 Å². The summed E-state index contributed by atoms with van der Waals surface area (Å²) in [5.74, 6) is 0. The third-order valence-corrected chi connectivity index (χ3v) is 2.75. The van der Waals surface area contributed by atoms with Crippen molar-refractivity contribution in [2.24, 2.45) is 0 Å². The molecular weight excluding hydrogens is 222 g/mol. The second-order valence-electron chi connectivity index (χ2n) is 3.72. The zero-order chi connectivity index (χ0) is 12.2. The number of hydrogen-bond donors (Lipinski definition) is 1. The van der Waals surface area contributed by atoms with Crippen molar-refractivity contribution in [1.82, 2.24) is 0 Å². The van der Waals surface area contributed by atoms with Crippen LogP contribution in [-0.2, 0) is 10.0 Å². The lowest BCUT2D eigenvalue weighted by atomic mass is 10.0. The summed E-state index contributed by atoms with van der Waals surface area (Å²) in [5.41, 5.74) is 2.64. The Morgan fingerprint density at radius 1 is 1.38 bits per heavy atom. The normalized spacial score (nSPS) is 12.6. The van der Waals surface area contributed by atoms with Crippen LogP contribution in [0.15, 0.2) is 30.3 Å². The molecule has 3 nitrogen and oxygen atoms in total. The maximum Gasteiger partial charge on any atom is 0.229 e. The van der Waals surface area contributed by atoms with E-state index in [0.29, 0.717) is 5.69 Å². The van der Waals surface area contributed by atoms with Gasteiger partial charge in [0.05, 0.1) is 11.9 Å². The van der Waals surface area contributed by atoms with Gasteiger partial charge in [-0.25, -0.2) is 8.42 Å². The summed E-state index contributed by atoms with van der Waals surface area (Å²) in [6, 6.07) is 7.39. The van der Waals surface area contributed by atoms with E-state index >= 15 is 0 Å². The summed E-state index contributed by atoms with van der Waals surface area (Å²) in [5, 5.41) is 0. The highest BCUT2D eigenvalue weighted by atomic mass is 32.2. The maximum atomic E-state index is 11.2. The van der Waals surface area contributed by atoms with Gasteiger partial charge in [0, 0.05) is 5.56 Å². The minimum Gasteiger partial charge on any atom is -0.283 e. The van der Waals surface area contributed by atoms with Crippen LogP contribution in [0.3, 0.4) is 0 Å². The smallest absolute Gasteiger partial charge is 0.229 e. The van der Waals surface area contributed by atoms with Crippen LogP contribution in [0.25, 0.3) is 5.57 Å². The summed E-state index contributed by atoms with van der Waals surface area (Å²) in [6.45, 7) is 4.03. The predicted molar refractivity (Wildman–Crippen MR) is 68.9 cm³/mol. The van der Waals surface area contributed by atoms with Crippen LogP contribution in [0.5, 0.6) is 0 Å². The Bertz CT molecular complexity index is 489. The van der Waals surface area contributed by atoms with Gasteiger partial charge in [0.25, 0.3) is 0 Å². The van der Waals surface area contributed by atoms with Gasteiger partial charge in [-0.2, -0.15) is 0 Å². The molecule has 0 aliphatic heterocycles. The molecule has 0 radical (unpaired) electrons. The molecule has 0 aromatic heterocycles. The molecule has 88 valence electrons. The number of hydrogen-bond acceptors (Lipinski definition) is 2. The molecule has 0 fully saturated rings. The molecule has 0 aliphatic carbocycles. The van der Waals surface area contributed by atoms with E-state index in [1.165, 1.54) is 0 Å². The van der Waals surface area contributed by atoms with Crippen molar-refractivity contribution in [2.75, 3.05) is 11.0 Å². The Hall–Kier alpha value is -1.29. The Morgan fingerprint density at radius 3 is 2.56 bits per heavy atom. The molecule has 0 atom stereocenters. The quantitative estimate of drug-likeness (QED) is 0.878. The van der Waals surface area contributed by atoms with Crippen molar-refractivity contribution in [3.63, 3.8) is 0 Å². The summed E-state index contributed by atoms with van der Waals surface area (Å²) in [6.07, 6.45) is 4.16. The lowest BCUT2D eigenvalue weighted by Crippen LogP contribution is -2.10. The number of nitrogens with one attached hydrogen (secondary N) is 1. The molecule has 0 amide bonds. The van der Waals surface area contributed by atoms with Gasteiger partial charge < -0.3 is 0 Å². The van der Waals surface area contributed by atoms with Gasteiger partial charge in [0.2, 0.25) is 10.0 Å². The van der Waals surface area contributed by atoms with Gasteiger partial charge in [0.1, 0.15) is 0 Å². The van der Waals surface area contributed by atoms with Gasteiger partial charge >= 0.3 is 0 Å². The Kier molecular flexibility index (Phi) is 4.12. The van der Waals surface area contributed by atoms with E-state index < -0.39 is 10.0 Å². The van der Waals surface area contributed by atoms with Crippen molar-refractivity contribution < 1.29 is 8.42 Å². The van der Waals surface area contributed by atoms with Gasteiger partial charge in [-0.1, -0.05) is 31.2 Å². The zero-order valence-electron chi connectivity index (χ0n) is 9.82. The van der Waals surface area contributed by atoms with Crippen LogP contribution in [-0.4, -0.2) is 14.7 Å². The highest BCUT2D eigenvalue weighted by molar-refractivity contribution is 7.92. The Balaban J connectivity index is 3.15. The van der Waals surface area contributed by atoms with Crippen LogP contribution >= 0.6 is 0 Å². The number of allylic oxidation sites excluding steroid dienone is 2. The number of para-hydroxylation sites is 1. The van der Waals surface area contributed by atoms with Crippen LogP contribution < -0.4 is 4.72 Å². The first-order valence-corrected chi connectivity index (χ1v) is 7.07. The fourth-order valence-electron chi connectivity index (χ4n) is 1.53. The van der Waals surface area contributed by atoms with E-state index in [1.54, 1.807) is 6.07 Å². The highest BCUT2D eigenvalue weighted by Crippen LogP contribution is 2.24. The lowest BCUT2D eigenvalue weighted by Gasteiger charge is -2.10. The summed E-state index contributed by atoms with van der Waals surface area (Å²) >= 11 is 0. The first kappa shape index (κ1) is 12.8. The van der Waals surface area contributed by atoms with Crippen LogP contribution in [0.1, 0.15) is 25.8 Å². The van der Waals surface area contributed by atoms with E-state index in [9.17, 15) is 8.42 Å². The zero-order valence-corrected chi connectivity index (χ0v) is 10.6. The Morgan fingerprint density at radius 2 is 2.00 bits per heavy atom. The van der Waals surface area contributed by atoms with Crippen LogP contribution in [0.2, 0.25) is 0 Å². The summed E-state index contributed by atoms with van der Waals surface area (Å²) < 4.78 is 24.9. The highest BCUT2D eigenvalue weighted by Gasteiger charge is 2.07. The number of rotatable bonds is 4. The molecule has 0 spiro atoms. The first-order chi connectivity index (χ1) is 7.44. The largest absolute Gasteiger partial charge is 0.283 e. The van der Waals surface area contributed by atoms with E-state index in [1.807, 2.05) is 25.1 Å². The van der Waals surface area contributed by atoms with Crippen molar-refractivity contribution in [1.29, 1.82) is 0 Å². The fourth-order valence-corrected chi connectivity index (χ4v) is 2.11. The van der Waals surface area contributed by atoms with Gasteiger partial charge in [-0.3, -0.25) is 4.72 Å². The lowest BCUT2D eigenvalue weighted by molar-refractivity contribution is 0.607. The van der Waals surface area contributed by atoms with E-state index in [4.69, 9.17) is 0 Å². The third kappa shape index (κ3) is 3.70. The van der Waals surface area contributed by atoms with Gasteiger partial charge in [-0.15, -0.1) is 0 Å². The molecule has 1 N–H and O–H groups in total. The summed E-state index contributed by atoms with van der Waals surface area (Å²) in [4.78, 5) is 0. The fraction of sp³-hybridized carbons (Fsp3) is 0.333. The monoisotopic (exact) mass is 239 g/mol. The molecule has 0 unspecified atom stereocenters. The van der Waals surface area contributed by atoms with Crippen molar-refractivity contribution >= 4 is 21.3 Å². The van der Waals surface area contributed by atoms with Crippen LogP contribution in [0.4, 0.5) is 5.69 Å². The maximum absolute atomic E-state index is 11.2. The number of benzene rings is 1. The molecule has 1 aromatic rings. The van der Waals surface area contributed by atoms with Crippen molar-refractivity contribution in [2.45, 2.75) is 20.3 Å². The minimum atomic E-state index is -3.23. The van der Waals surface area contributed by atoms with Crippen molar-refractivity contribution in [3.8, 4) is 0 Å². The molecule has 0 heterocycles. The molecule has 1 aromatic carbocycles.